The van der Waals surface area contributed by atoms with Gasteiger partial charge in [0.1, 0.15) is 5.82 Å². The Labute approximate surface area is 127 Å². The van der Waals surface area contributed by atoms with E-state index in [1.807, 2.05) is 12.1 Å². The molecular weight excluding hydrogens is 265 g/mol. The van der Waals surface area contributed by atoms with Crippen molar-refractivity contribution in [1.82, 2.24) is 10.6 Å². The van der Waals surface area contributed by atoms with E-state index in [0.29, 0.717) is 12.6 Å². The molecule has 3 nitrogen and oxygen atoms in total. The van der Waals surface area contributed by atoms with E-state index < -0.39 is 0 Å². The van der Waals surface area contributed by atoms with E-state index in [9.17, 15) is 4.39 Å². The molecule has 0 bridgehead atoms. The molecule has 0 aromatic heterocycles. The number of benzene rings is 1. The first-order chi connectivity index (χ1) is 9.92. The van der Waals surface area contributed by atoms with Crippen molar-refractivity contribution in [2.45, 2.75) is 45.6 Å². The van der Waals surface area contributed by atoms with Gasteiger partial charge in [-0.15, -0.1) is 0 Å². The maximum absolute atomic E-state index is 13.0. The molecule has 0 amide bonds. The molecule has 0 aliphatic heterocycles. The number of aliphatic imine (C=N–C) groups is 1. The Morgan fingerprint density at radius 1 is 1.33 bits per heavy atom. The zero-order valence-corrected chi connectivity index (χ0v) is 13.4. The molecule has 1 saturated carbocycles. The molecule has 2 N–H and O–H groups in total. The fourth-order valence-electron chi connectivity index (χ4n) is 2.29. The van der Waals surface area contributed by atoms with Crippen LogP contribution >= 0.6 is 0 Å². The van der Waals surface area contributed by atoms with Gasteiger partial charge >= 0.3 is 0 Å². The minimum absolute atomic E-state index is 0.120. The monoisotopic (exact) mass is 291 g/mol. The summed E-state index contributed by atoms with van der Waals surface area (Å²) in [5.41, 5.74) is 0.980. The Kier molecular flexibility index (Phi) is 4.86. The van der Waals surface area contributed by atoms with Crippen LogP contribution in [0.1, 0.15) is 39.7 Å². The van der Waals surface area contributed by atoms with Gasteiger partial charge in [0.25, 0.3) is 0 Å². The number of nitrogens with zero attached hydrogens (tertiary/aromatic N) is 1. The Morgan fingerprint density at radius 2 is 1.95 bits per heavy atom. The van der Waals surface area contributed by atoms with Crippen LogP contribution in [0.25, 0.3) is 0 Å². The lowest BCUT2D eigenvalue weighted by molar-refractivity contribution is 0.534. The third-order valence-electron chi connectivity index (χ3n) is 4.03. The standard InChI is InChI=1S/C17H26FN3/c1-5-19-16(21-15-10-12(15)2)20-11-17(3,4)13-6-8-14(18)9-7-13/h6-9,12,15H,5,10-11H2,1-4H3,(H2,19,20,21). The second-order valence-corrected chi connectivity index (χ2v) is 6.55. The van der Waals surface area contributed by atoms with E-state index in [0.717, 1.165) is 24.0 Å². The van der Waals surface area contributed by atoms with Crippen molar-refractivity contribution in [1.29, 1.82) is 0 Å². The van der Waals surface area contributed by atoms with E-state index >= 15 is 0 Å². The second-order valence-electron chi connectivity index (χ2n) is 6.55. The zero-order valence-electron chi connectivity index (χ0n) is 13.4. The Hall–Kier alpha value is -1.58. The molecule has 116 valence electrons. The fraction of sp³-hybridized carbons (Fsp3) is 0.588. The normalized spacial score (nSPS) is 22.0. The number of hydrogen-bond donors (Lipinski definition) is 2. The Morgan fingerprint density at radius 3 is 2.48 bits per heavy atom. The molecule has 2 atom stereocenters. The first kappa shape index (κ1) is 15.8. The molecule has 0 heterocycles. The summed E-state index contributed by atoms with van der Waals surface area (Å²) < 4.78 is 13.0. The minimum Gasteiger partial charge on any atom is -0.357 e. The molecule has 0 spiro atoms. The van der Waals surface area contributed by atoms with Gasteiger partial charge in [-0.1, -0.05) is 32.9 Å². The molecule has 1 aliphatic carbocycles. The number of hydrogen-bond acceptors (Lipinski definition) is 1. The molecule has 0 saturated heterocycles. The van der Waals surface area contributed by atoms with Crippen molar-refractivity contribution >= 4 is 5.96 Å². The van der Waals surface area contributed by atoms with E-state index in [1.54, 1.807) is 0 Å². The van der Waals surface area contributed by atoms with E-state index in [4.69, 9.17) is 4.99 Å². The van der Waals surface area contributed by atoms with Crippen LogP contribution in [0.5, 0.6) is 0 Å². The minimum atomic E-state index is -0.198. The first-order valence-electron chi connectivity index (χ1n) is 7.73. The highest BCUT2D eigenvalue weighted by molar-refractivity contribution is 5.80. The highest BCUT2D eigenvalue weighted by Gasteiger charge is 2.33. The van der Waals surface area contributed by atoms with Gasteiger partial charge < -0.3 is 10.6 Å². The van der Waals surface area contributed by atoms with Crippen molar-refractivity contribution in [3.63, 3.8) is 0 Å². The number of guanidine groups is 1. The Balaban J connectivity index is 2.02. The number of nitrogens with one attached hydrogen (secondary N) is 2. The Bertz CT molecular complexity index is 493. The SMILES string of the molecule is CCNC(=NCC(C)(C)c1ccc(F)cc1)NC1CC1C. The van der Waals surface area contributed by atoms with Crippen molar-refractivity contribution in [2.24, 2.45) is 10.9 Å². The van der Waals surface area contributed by atoms with Gasteiger partial charge in [-0.25, -0.2) is 4.39 Å². The highest BCUT2D eigenvalue weighted by Crippen LogP contribution is 2.29. The average molecular weight is 291 g/mol. The van der Waals surface area contributed by atoms with Gasteiger partial charge in [-0.05, 0) is 37.0 Å². The molecule has 21 heavy (non-hydrogen) atoms. The predicted molar refractivity (Wildman–Crippen MR) is 86.1 cm³/mol. The zero-order chi connectivity index (χ0) is 15.5. The summed E-state index contributed by atoms with van der Waals surface area (Å²) in [6.45, 7) is 10.1. The molecule has 1 fully saturated rings. The summed E-state index contributed by atoms with van der Waals surface area (Å²) in [5, 5.41) is 6.74. The van der Waals surface area contributed by atoms with Gasteiger partial charge in [0, 0.05) is 18.0 Å². The molecule has 4 heteroatoms. The summed E-state index contributed by atoms with van der Waals surface area (Å²) in [6.07, 6.45) is 1.21. The summed E-state index contributed by atoms with van der Waals surface area (Å²) in [5.74, 6) is 1.41. The van der Waals surface area contributed by atoms with Crippen LogP contribution in [0.2, 0.25) is 0 Å². The highest BCUT2D eigenvalue weighted by atomic mass is 19.1. The summed E-state index contributed by atoms with van der Waals surface area (Å²) in [4.78, 5) is 4.70. The third kappa shape index (κ3) is 4.45. The first-order valence-corrected chi connectivity index (χ1v) is 7.73. The van der Waals surface area contributed by atoms with E-state index in [-0.39, 0.29) is 11.2 Å². The van der Waals surface area contributed by atoms with Crippen molar-refractivity contribution in [3.05, 3.63) is 35.6 Å². The fourth-order valence-corrected chi connectivity index (χ4v) is 2.29. The van der Waals surface area contributed by atoms with E-state index in [1.165, 1.54) is 18.6 Å². The van der Waals surface area contributed by atoms with Crippen LogP contribution in [0.15, 0.2) is 29.3 Å². The lowest BCUT2D eigenvalue weighted by Gasteiger charge is -2.24. The summed E-state index contributed by atoms with van der Waals surface area (Å²) >= 11 is 0. The lowest BCUT2D eigenvalue weighted by atomic mass is 9.85. The van der Waals surface area contributed by atoms with Crippen molar-refractivity contribution in [2.75, 3.05) is 13.1 Å². The summed E-state index contributed by atoms with van der Waals surface area (Å²) in [7, 11) is 0. The number of rotatable bonds is 5. The van der Waals surface area contributed by atoms with Crippen molar-refractivity contribution < 1.29 is 4.39 Å². The second kappa shape index (κ2) is 6.46. The smallest absolute Gasteiger partial charge is 0.191 e. The van der Waals surface area contributed by atoms with Gasteiger partial charge in [0.2, 0.25) is 0 Å². The topological polar surface area (TPSA) is 36.4 Å². The van der Waals surface area contributed by atoms with E-state index in [2.05, 4.69) is 38.3 Å². The van der Waals surface area contributed by atoms with Crippen molar-refractivity contribution in [3.8, 4) is 0 Å². The van der Waals surface area contributed by atoms with Crippen LogP contribution in [0.4, 0.5) is 4.39 Å². The average Bonchev–Trinajstić information content (AvgIpc) is 3.12. The molecule has 2 rings (SSSR count). The molecule has 2 unspecified atom stereocenters. The van der Waals surface area contributed by atoms with Gasteiger partial charge in [-0.2, -0.15) is 0 Å². The quantitative estimate of drug-likeness (QED) is 0.646. The van der Waals surface area contributed by atoms with Gasteiger partial charge in [-0.3, -0.25) is 4.99 Å². The molecule has 1 aromatic carbocycles. The molecule has 1 aromatic rings. The molecule has 1 aliphatic rings. The molecule has 0 radical (unpaired) electrons. The van der Waals surface area contributed by atoms with Crippen LogP contribution < -0.4 is 10.6 Å². The maximum atomic E-state index is 13.0. The summed E-state index contributed by atoms with van der Waals surface area (Å²) in [6, 6.07) is 7.26. The van der Waals surface area contributed by atoms with Gasteiger partial charge in [0.15, 0.2) is 5.96 Å². The largest absolute Gasteiger partial charge is 0.357 e. The predicted octanol–water partition coefficient (Wildman–Crippen LogP) is 3.07. The van der Waals surface area contributed by atoms with Crippen LogP contribution in [-0.4, -0.2) is 25.1 Å². The van der Waals surface area contributed by atoms with Crippen LogP contribution in [0.3, 0.4) is 0 Å². The molecular formula is C17H26FN3. The third-order valence-corrected chi connectivity index (χ3v) is 4.03. The number of halogens is 1. The van der Waals surface area contributed by atoms with Gasteiger partial charge in [0.05, 0.1) is 6.54 Å². The van der Waals surface area contributed by atoms with Crippen LogP contribution in [0, 0.1) is 11.7 Å². The maximum Gasteiger partial charge on any atom is 0.191 e. The lowest BCUT2D eigenvalue weighted by Crippen LogP contribution is -2.40. The van der Waals surface area contributed by atoms with Crippen LogP contribution in [-0.2, 0) is 5.41 Å².